The van der Waals surface area contributed by atoms with Crippen molar-refractivity contribution in [3.63, 3.8) is 0 Å². The molecule has 0 aliphatic rings. The molecule has 0 fully saturated rings. The molecule has 0 bridgehead atoms. The van der Waals surface area contributed by atoms with Crippen LogP contribution >= 0.6 is 0 Å². The smallest absolute Gasteiger partial charge is 0.247 e. The van der Waals surface area contributed by atoms with E-state index < -0.39 is 0 Å². The molecule has 33 heavy (non-hydrogen) atoms. The fraction of sp³-hybridized carbons (Fsp3) is 0.0769. The third-order valence-corrected chi connectivity index (χ3v) is 5.34. The van der Waals surface area contributed by atoms with Crippen molar-refractivity contribution in [1.29, 1.82) is 5.26 Å². The molecule has 5 aromatic rings. The number of H-pyrrole nitrogens is 1. The molecule has 7 heteroatoms. The zero-order chi connectivity index (χ0) is 22.8. The molecule has 0 unspecified atom stereocenters. The average molecular weight is 433 g/mol. The summed E-state index contributed by atoms with van der Waals surface area (Å²) in [5.41, 5.74) is 5.33. The molecular formula is C26H19N5O2. The molecule has 5 rings (SSSR count). The number of ether oxygens (including phenoxy) is 1. The van der Waals surface area contributed by atoms with Gasteiger partial charge in [0, 0.05) is 42.0 Å². The summed E-state index contributed by atoms with van der Waals surface area (Å²) in [6.45, 7) is 0.323. The molecule has 3 aromatic heterocycles. The Morgan fingerprint density at radius 2 is 1.85 bits per heavy atom. The predicted octanol–water partition coefficient (Wildman–Crippen LogP) is 4.44. The highest BCUT2D eigenvalue weighted by Crippen LogP contribution is 2.29. The largest absolute Gasteiger partial charge is 0.471 e. The Morgan fingerprint density at radius 3 is 2.61 bits per heavy atom. The van der Waals surface area contributed by atoms with E-state index in [0.29, 0.717) is 23.7 Å². The first kappa shape index (κ1) is 20.2. The first-order valence-electron chi connectivity index (χ1n) is 10.4. The molecular weight excluding hydrogens is 414 g/mol. The summed E-state index contributed by atoms with van der Waals surface area (Å²) in [5, 5.41) is 14.9. The molecule has 0 saturated heterocycles. The number of aryl methyl sites for hydroxylation is 1. The van der Waals surface area contributed by atoms with E-state index in [1.165, 1.54) is 6.07 Å². The van der Waals surface area contributed by atoms with E-state index in [0.717, 1.165) is 33.2 Å². The van der Waals surface area contributed by atoms with Crippen LogP contribution in [0.25, 0.3) is 33.3 Å². The number of hydrogen-bond acceptors (Lipinski definition) is 5. The molecule has 7 nitrogen and oxygen atoms in total. The van der Waals surface area contributed by atoms with Crippen LogP contribution in [0.5, 0.6) is 5.88 Å². The quantitative estimate of drug-likeness (QED) is 0.442. The lowest BCUT2D eigenvalue weighted by Gasteiger charge is -2.09. The molecule has 0 aliphatic carbocycles. The van der Waals surface area contributed by atoms with Crippen LogP contribution in [0.15, 0.2) is 83.9 Å². The Balaban J connectivity index is 1.38. The first-order valence-corrected chi connectivity index (χ1v) is 10.4. The molecule has 3 heterocycles. The minimum atomic E-state index is -0.161. The highest BCUT2D eigenvalue weighted by Gasteiger charge is 2.13. The van der Waals surface area contributed by atoms with Crippen molar-refractivity contribution >= 4 is 10.9 Å². The van der Waals surface area contributed by atoms with E-state index in [9.17, 15) is 10.1 Å². The molecule has 1 N–H and O–H groups in total. The lowest BCUT2D eigenvalue weighted by molar-refractivity contribution is 0.292. The molecule has 0 aliphatic heterocycles. The summed E-state index contributed by atoms with van der Waals surface area (Å²) in [6, 6.07) is 22.9. The van der Waals surface area contributed by atoms with Gasteiger partial charge in [-0.3, -0.25) is 9.48 Å². The van der Waals surface area contributed by atoms with Crippen molar-refractivity contribution in [3.05, 3.63) is 101 Å². The number of aromatic nitrogens is 4. The number of benzene rings is 2. The van der Waals surface area contributed by atoms with Gasteiger partial charge in [-0.15, -0.1) is 5.10 Å². The minimum absolute atomic E-state index is 0.161. The molecule has 0 spiro atoms. The number of nitrogens with one attached hydrogen (secondary N) is 1. The number of pyridine rings is 2. The first-order chi connectivity index (χ1) is 16.1. The van der Waals surface area contributed by atoms with Crippen LogP contribution in [-0.4, -0.2) is 19.7 Å². The highest BCUT2D eigenvalue weighted by molar-refractivity contribution is 5.84. The Hall–Kier alpha value is -4.70. The van der Waals surface area contributed by atoms with E-state index in [1.807, 2.05) is 67.8 Å². The third kappa shape index (κ3) is 4.10. The fourth-order valence-corrected chi connectivity index (χ4v) is 3.68. The van der Waals surface area contributed by atoms with Gasteiger partial charge in [0.05, 0.1) is 22.3 Å². The van der Waals surface area contributed by atoms with Gasteiger partial charge in [0.2, 0.25) is 11.4 Å². The van der Waals surface area contributed by atoms with Crippen LogP contribution in [-0.2, 0) is 13.7 Å². The normalized spacial score (nSPS) is 10.8. The van der Waals surface area contributed by atoms with Crippen LogP contribution in [0.2, 0.25) is 0 Å². The van der Waals surface area contributed by atoms with Crippen molar-refractivity contribution in [2.45, 2.75) is 6.61 Å². The van der Waals surface area contributed by atoms with Crippen LogP contribution in [0, 0.1) is 11.3 Å². The third-order valence-electron chi connectivity index (χ3n) is 5.34. The van der Waals surface area contributed by atoms with Gasteiger partial charge in [0.25, 0.3) is 0 Å². The lowest BCUT2D eigenvalue weighted by Crippen LogP contribution is -2.02. The van der Waals surface area contributed by atoms with E-state index in [2.05, 4.69) is 16.2 Å². The summed E-state index contributed by atoms with van der Waals surface area (Å²) >= 11 is 0. The maximum Gasteiger partial charge on any atom is 0.247 e. The Morgan fingerprint density at radius 1 is 1.06 bits per heavy atom. The second-order valence-corrected chi connectivity index (χ2v) is 7.64. The molecule has 160 valence electrons. The second kappa shape index (κ2) is 8.44. The van der Waals surface area contributed by atoms with Crippen molar-refractivity contribution in [3.8, 4) is 34.3 Å². The average Bonchev–Trinajstić information content (AvgIpc) is 3.23. The van der Waals surface area contributed by atoms with Gasteiger partial charge in [-0.05, 0) is 23.8 Å². The SMILES string of the molecule is Cn1cc(-c2ccc(=O)[nH]c2)c(OCc2ccc(-c3nc4ccccc4cc3C#N)cc2)n1. The highest BCUT2D eigenvalue weighted by atomic mass is 16.5. The number of hydrogen-bond donors (Lipinski definition) is 1. The molecule has 0 atom stereocenters. The summed E-state index contributed by atoms with van der Waals surface area (Å²) in [7, 11) is 1.82. The van der Waals surface area contributed by atoms with Crippen LogP contribution < -0.4 is 10.3 Å². The van der Waals surface area contributed by atoms with Crippen molar-refractivity contribution < 1.29 is 4.74 Å². The Bertz CT molecular complexity index is 1540. The number of para-hydroxylation sites is 1. The number of nitrogens with zero attached hydrogens (tertiary/aromatic N) is 4. The molecule has 0 radical (unpaired) electrons. The van der Waals surface area contributed by atoms with Crippen molar-refractivity contribution in [2.75, 3.05) is 0 Å². The second-order valence-electron chi connectivity index (χ2n) is 7.64. The summed E-state index contributed by atoms with van der Waals surface area (Å²) < 4.78 is 7.66. The van der Waals surface area contributed by atoms with E-state index in [-0.39, 0.29) is 5.56 Å². The van der Waals surface area contributed by atoms with Gasteiger partial charge in [-0.1, -0.05) is 42.5 Å². The fourth-order valence-electron chi connectivity index (χ4n) is 3.68. The Labute approximate surface area is 189 Å². The van der Waals surface area contributed by atoms with Gasteiger partial charge < -0.3 is 9.72 Å². The standard InChI is InChI=1S/C26H19N5O2/c1-31-15-22(20-10-11-24(32)28-14-20)26(30-31)33-16-17-6-8-18(9-7-17)25-21(13-27)12-19-4-2-3-5-23(19)29-25/h2-12,14-15H,16H2,1H3,(H,28,32). The van der Waals surface area contributed by atoms with Crippen molar-refractivity contribution in [1.82, 2.24) is 19.7 Å². The van der Waals surface area contributed by atoms with E-state index in [1.54, 1.807) is 16.9 Å². The van der Waals surface area contributed by atoms with Gasteiger partial charge >= 0.3 is 0 Å². The minimum Gasteiger partial charge on any atom is -0.471 e. The van der Waals surface area contributed by atoms with Crippen LogP contribution in [0.3, 0.4) is 0 Å². The lowest BCUT2D eigenvalue weighted by atomic mass is 10.0. The zero-order valence-electron chi connectivity index (χ0n) is 17.8. The van der Waals surface area contributed by atoms with E-state index >= 15 is 0 Å². The van der Waals surface area contributed by atoms with E-state index in [4.69, 9.17) is 9.72 Å². The van der Waals surface area contributed by atoms with Gasteiger partial charge in [0.1, 0.15) is 12.7 Å². The summed E-state index contributed by atoms with van der Waals surface area (Å²) in [4.78, 5) is 18.7. The molecule has 2 aromatic carbocycles. The van der Waals surface area contributed by atoms with Crippen LogP contribution in [0.4, 0.5) is 0 Å². The van der Waals surface area contributed by atoms with Gasteiger partial charge in [0.15, 0.2) is 0 Å². The predicted molar refractivity (Wildman–Crippen MR) is 125 cm³/mol. The molecule has 0 amide bonds. The zero-order valence-corrected chi connectivity index (χ0v) is 17.8. The van der Waals surface area contributed by atoms with Crippen LogP contribution in [0.1, 0.15) is 11.1 Å². The topological polar surface area (TPSA) is 96.6 Å². The maximum absolute atomic E-state index is 11.4. The number of fused-ring (bicyclic) bond motifs is 1. The van der Waals surface area contributed by atoms with Crippen molar-refractivity contribution in [2.24, 2.45) is 7.05 Å². The number of aromatic amines is 1. The van der Waals surface area contributed by atoms with Gasteiger partial charge in [-0.25, -0.2) is 4.98 Å². The Kier molecular flexibility index (Phi) is 5.17. The molecule has 0 saturated carbocycles. The summed E-state index contributed by atoms with van der Waals surface area (Å²) in [6.07, 6.45) is 3.49. The maximum atomic E-state index is 11.4. The number of rotatable bonds is 5. The number of nitriles is 1. The van der Waals surface area contributed by atoms with Gasteiger partial charge in [-0.2, -0.15) is 5.26 Å². The monoisotopic (exact) mass is 433 g/mol. The summed E-state index contributed by atoms with van der Waals surface area (Å²) in [5.74, 6) is 0.483.